The van der Waals surface area contributed by atoms with Gasteiger partial charge in [0.25, 0.3) is 0 Å². The second-order valence-electron chi connectivity index (χ2n) is 4.99. The summed E-state index contributed by atoms with van der Waals surface area (Å²) < 4.78 is 0. The minimum Gasteiger partial charge on any atom is -0.341 e. The highest BCUT2D eigenvalue weighted by molar-refractivity contribution is 5.85. The Morgan fingerprint density at radius 3 is 2.20 bits per heavy atom. The van der Waals surface area contributed by atoms with Crippen LogP contribution in [0.1, 0.15) is 25.7 Å². The second kappa shape index (κ2) is 4.30. The van der Waals surface area contributed by atoms with Crippen molar-refractivity contribution >= 4 is 18.3 Å². The van der Waals surface area contributed by atoms with Crippen molar-refractivity contribution in [2.24, 2.45) is 11.8 Å². The molecule has 0 aromatic carbocycles. The van der Waals surface area contributed by atoms with Gasteiger partial charge in [0.1, 0.15) is 0 Å². The Balaban J connectivity index is 0.000000853. The quantitative estimate of drug-likeness (QED) is 0.730. The van der Waals surface area contributed by atoms with Gasteiger partial charge in [0.05, 0.1) is 6.04 Å². The first kappa shape index (κ1) is 11.2. The highest BCUT2D eigenvalue weighted by Crippen LogP contribution is 2.38. The number of carbonyl (C=O) groups excluding carboxylic acids is 1. The number of hydrogen-bond donors (Lipinski definition) is 1. The molecule has 1 N–H and O–H groups in total. The number of carbonyl (C=O) groups is 1. The first-order valence-electron chi connectivity index (χ1n) is 5.87. The third-order valence-electron chi connectivity index (χ3n) is 4.16. The lowest BCUT2D eigenvalue weighted by Crippen LogP contribution is -2.54. The summed E-state index contributed by atoms with van der Waals surface area (Å²) in [7, 11) is 0. The largest absolute Gasteiger partial charge is 0.341 e. The minimum atomic E-state index is 0. The lowest BCUT2D eigenvalue weighted by atomic mass is 10.0. The molecular weight excluding hydrogens is 212 g/mol. The topological polar surface area (TPSA) is 32.3 Å². The number of likely N-dealkylation sites (tertiary alicyclic amines) is 1. The zero-order chi connectivity index (χ0) is 9.54. The molecule has 3 atom stereocenters. The van der Waals surface area contributed by atoms with Gasteiger partial charge in [-0.3, -0.25) is 4.79 Å². The Kier molecular flexibility index (Phi) is 3.21. The number of nitrogens with one attached hydrogen (secondary N) is 1. The number of amides is 1. The van der Waals surface area contributed by atoms with Crippen molar-refractivity contribution in [3.8, 4) is 0 Å². The zero-order valence-electron chi connectivity index (χ0n) is 8.95. The van der Waals surface area contributed by atoms with Crippen molar-refractivity contribution in [2.45, 2.75) is 31.7 Å². The second-order valence-corrected chi connectivity index (χ2v) is 4.99. The van der Waals surface area contributed by atoms with Crippen LogP contribution in [0.2, 0.25) is 0 Å². The number of nitrogens with zero attached hydrogens (tertiary/aromatic N) is 1. The molecular formula is C11H19ClN2O. The van der Waals surface area contributed by atoms with E-state index in [4.69, 9.17) is 0 Å². The maximum absolute atomic E-state index is 11.9. The van der Waals surface area contributed by atoms with Crippen LogP contribution in [0.25, 0.3) is 0 Å². The van der Waals surface area contributed by atoms with Crippen molar-refractivity contribution in [2.75, 3.05) is 19.6 Å². The van der Waals surface area contributed by atoms with Gasteiger partial charge < -0.3 is 10.2 Å². The molecule has 3 rings (SSSR count). The van der Waals surface area contributed by atoms with Crippen LogP contribution in [-0.4, -0.2) is 36.5 Å². The van der Waals surface area contributed by atoms with E-state index in [0.717, 1.165) is 37.9 Å². The fourth-order valence-corrected chi connectivity index (χ4v) is 3.13. The minimum absolute atomic E-state index is 0. The smallest absolute Gasteiger partial charge is 0.239 e. The standard InChI is InChI=1S/C11H18N2O.ClH/c14-11(10-4-5-12-10)13-6-8-2-1-3-9(8)7-13;/h8-10,12H,1-7H2;1H/t8?,9?,10-;/m1./s1. The lowest BCUT2D eigenvalue weighted by molar-refractivity contribution is -0.134. The van der Waals surface area contributed by atoms with E-state index in [1.165, 1.54) is 19.3 Å². The van der Waals surface area contributed by atoms with Crippen LogP contribution in [0.4, 0.5) is 0 Å². The van der Waals surface area contributed by atoms with Crippen LogP contribution in [0.3, 0.4) is 0 Å². The average molecular weight is 231 g/mol. The van der Waals surface area contributed by atoms with Gasteiger partial charge in [-0.25, -0.2) is 0 Å². The molecule has 0 aromatic heterocycles. The Morgan fingerprint density at radius 2 is 1.73 bits per heavy atom. The molecule has 3 nitrogen and oxygen atoms in total. The predicted octanol–water partition coefficient (Wildman–Crippen LogP) is 1.03. The van der Waals surface area contributed by atoms with E-state index in [1.807, 2.05) is 0 Å². The highest BCUT2D eigenvalue weighted by atomic mass is 35.5. The van der Waals surface area contributed by atoms with Gasteiger partial charge >= 0.3 is 0 Å². The van der Waals surface area contributed by atoms with Gasteiger partial charge in [-0.15, -0.1) is 12.4 Å². The van der Waals surface area contributed by atoms with E-state index in [0.29, 0.717) is 5.91 Å². The Bertz CT molecular complexity index is 243. The molecule has 1 aliphatic carbocycles. The van der Waals surface area contributed by atoms with Gasteiger partial charge in [0.15, 0.2) is 0 Å². The summed E-state index contributed by atoms with van der Waals surface area (Å²) in [5.41, 5.74) is 0. The molecule has 0 aromatic rings. The maximum atomic E-state index is 11.9. The van der Waals surface area contributed by atoms with Crippen LogP contribution < -0.4 is 5.32 Å². The van der Waals surface area contributed by atoms with E-state index in [2.05, 4.69) is 10.2 Å². The predicted molar refractivity (Wildman–Crippen MR) is 61.1 cm³/mol. The van der Waals surface area contributed by atoms with Crippen LogP contribution >= 0.6 is 12.4 Å². The van der Waals surface area contributed by atoms with Crippen molar-refractivity contribution in [3.63, 3.8) is 0 Å². The van der Waals surface area contributed by atoms with Gasteiger partial charge in [-0.1, -0.05) is 6.42 Å². The van der Waals surface area contributed by atoms with E-state index in [9.17, 15) is 4.79 Å². The van der Waals surface area contributed by atoms with Crippen molar-refractivity contribution in [1.82, 2.24) is 10.2 Å². The molecule has 2 heterocycles. The Labute approximate surface area is 97.0 Å². The Morgan fingerprint density at radius 1 is 1.13 bits per heavy atom. The van der Waals surface area contributed by atoms with E-state index < -0.39 is 0 Å². The van der Waals surface area contributed by atoms with Gasteiger partial charge in [-0.05, 0) is 37.6 Å². The molecule has 86 valence electrons. The van der Waals surface area contributed by atoms with Crippen molar-refractivity contribution in [3.05, 3.63) is 0 Å². The summed E-state index contributed by atoms with van der Waals surface area (Å²) in [5, 5.41) is 3.20. The summed E-state index contributed by atoms with van der Waals surface area (Å²) in [4.78, 5) is 14.0. The lowest BCUT2D eigenvalue weighted by Gasteiger charge is -2.30. The van der Waals surface area contributed by atoms with E-state index >= 15 is 0 Å². The van der Waals surface area contributed by atoms with Gasteiger partial charge in [0, 0.05) is 13.1 Å². The Hall–Kier alpha value is -0.280. The monoisotopic (exact) mass is 230 g/mol. The third-order valence-corrected chi connectivity index (χ3v) is 4.16. The number of halogens is 1. The van der Waals surface area contributed by atoms with Gasteiger partial charge in [0.2, 0.25) is 5.91 Å². The van der Waals surface area contributed by atoms with Crippen LogP contribution in [0, 0.1) is 11.8 Å². The highest BCUT2D eigenvalue weighted by Gasteiger charge is 2.40. The molecule has 3 aliphatic rings. The average Bonchev–Trinajstić information content (AvgIpc) is 2.56. The zero-order valence-corrected chi connectivity index (χ0v) is 9.76. The maximum Gasteiger partial charge on any atom is 0.239 e. The van der Waals surface area contributed by atoms with Gasteiger partial charge in [-0.2, -0.15) is 0 Å². The fourth-order valence-electron chi connectivity index (χ4n) is 3.13. The molecule has 1 amide bonds. The molecule has 15 heavy (non-hydrogen) atoms. The molecule has 0 bridgehead atoms. The number of rotatable bonds is 1. The molecule has 4 heteroatoms. The molecule has 3 fully saturated rings. The first-order valence-corrected chi connectivity index (χ1v) is 5.87. The molecule has 0 radical (unpaired) electrons. The fraction of sp³-hybridized carbons (Fsp3) is 0.909. The number of hydrogen-bond acceptors (Lipinski definition) is 2. The number of fused-ring (bicyclic) bond motifs is 1. The van der Waals surface area contributed by atoms with E-state index in [1.54, 1.807) is 0 Å². The third kappa shape index (κ3) is 1.87. The first-order chi connectivity index (χ1) is 6.84. The molecule has 0 spiro atoms. The summed E-state index contributed by atoms with van der Waals surface area (Å²) in [6.45, 7) is 3.11. The molecule has 2 aliphatic heterocycles. The normalized spacial score (nSPS) is 38.1. The van der Waals surface area contributed by atoms with E-state index in [-0.39, 0.29) is 18.4 Å². The SMILES string of the molecule is Cl.O=C([C@H]1CCN1)N1CC2CCCC2C1. The summed E-state index contributed by atoms with van der Waals surface area (Å²) in [6.07, 6.45) is 5.14. The molecule has 2 unspecified atom stereocenters. The van der Waals surface area contributed by atoms with Crippen LogP contribution in [-0.2, 0) is 4.79 Å². The summed E-state index contributed by atoms with van der Waals surface area (Å²) in [6, 6.07) is 0.161. The van der Waals surface area contributed by atoms with Crippen LogP contribution in [0.5, 0.6) is 0 Å². The molecule has 2 saturated heterocycles. The van der Waals surface area contributed by atoms with Crippen LogP contribution in [0.15, 0.2) is 0 Å². The summed E-state index contributed by atoms with van der Waals surface area (Å²) >= 11 is 0. The summed E-state index contributed by atoms with van der Waals surface area (Å²) in [5.74, 6) is 2.03. The van der Waals surface area contributed by atoms with Crippen molar-refractivity contribution in [1.29, 1.82) is 0 Å². The van der Waals surface area contributed by atoms with Crippen molar-refractivity contribution < 1.29 is 4.79 Å². The molecule has 1 saturated carbocycles.